The van der Waals surface area contributed by atoms with Gasteiger partial charge in [-0.2, -0.15) is 0 Å². The Bertz CT molecular complexity index is 1000. The van der Waals surface area contributed by atoms with Gasteiger partial charge in [0.05, 0.1) is 23.8 Å². The van der Waals surface area contributed by atoms with E-state index in [1.807, 2.05) is 0 Å². The quantitative estimate of drug-likeness (QED) is 0.371. The normalized spacial score (nSPS) is 12.5. The average Bonchev–Trinajstić information content (AvgIpc) is 3.02. The van der Waals surface area contributed by atoms with Gasteiger partial charge in [0.2, 0.25) is 0 Å². The third kappa shape index (κ3) is 5.07. The van der Waals surface area contributed by atoms with Crippen LogP contribution in [-0.4, -0.2) is 62.6 Å². The molecule has 0 bridgehead atoms. The standard InChI is InChI=1S/C22H22N2O7/c1-29-11-3-10-24-20(26)17-9-4-14(12-18(17)21(24)27)22(28)31-13-19(25)23-15-5-7-16(30-2)8-6-15/h4-9,12H,3,10-11,13H2,1-2H3,(H,23,25). The molecule has 3 amide bonds. The monoisotopic (exact) mass is 426 g/mol. The summed E-state index contributed by atoms with van der Waals surface area (Å²) in [5.74, 6) is -1.52. The van der Waals surface area contributed by atoms with Gasteiger partial charge < -0.3 is 19.5 Å². The fourth-order valence-corrected chi connectivity index (χ4v) is 3.07. The molecule has 162 valence electrons. The van der Waals surface area contributed by atoms with E-state index in [1.165, 1.54) is 32.4 Å². The highest BCUT2D eigenvalue weighted by Gasteiger charge is 2.35. The molecular formula is C22H22N2O7. The molecule has 1 N–H and O–H groups in total. The molecule has 1 aliphatic heterocycles. The summed E-state index contributed by atoms with van der Waals surface area (Å²) in [5, 5.41) is 2.60. The number of imide groups is 1. The topological polar surface area (TPSA) is 111 Å². The molecule has 0 radical (unpaired) electrons. The third-order valence-corrected chi connectivity index (χ3v) is 4.64. The Labute approximate surface area is 178 Å². The molecule has 0 saturated heterocycles. The molecule has 0 aromatic heterocycles. The fraction of sp³-hybridized carbons (Fsp3) is 0.273. The number of nitrogens with one attached hydrogen (secondary N) is 1. The van der Waals surface area contributed by atoms with Crippen molar-refractivity contribution in [2.45, 2.75) is 6.42 Å². The minimum atomic E-state index is -0.772. The van der Waals surface area contributed by atoms with Gasteiger partial charge in [0.1, 0.15) is 5.75 Å². The van der Waals surface area contributed by atoms with Crippen LogP contribution in [0.3, 0.4) is 0 Å². The number of carbonyl (C=O) groups is 4. The van der Waals surface area contributed by atoms with E-state index >= 15 is 0 Å². The van der Waals surface area contributed by atoms with Gasteiger partial charge in [-0.25, -0.2) is 4.79 Å². The van der Waals surface area contributed by atoms with Crippen LogP contribution >= 0.6 is 0 Å². The molecule has 0 fully saturated rings. The SMILES string of the molecule is COCCCN1C(=O)c2ccc(C(=O)OCC(=O)Nc3ccc(OC)cc3)cc2C1=O. The highest BCUT2D eigenvalue weighted by atomic mass is 16.5. The van der Waals surface area contributed by atoms with Crippen LogP contribution in [0, 0.1) is 0 Å². The molecule has 0 aliphatic carbocycles. The number of ether oxygens (including phenoxy) is 3. The molecule has 9 heteroatoms. The number of carbonyl (C=O) groups excluding carboxylic acids is 4. The first-order valence-electron chi connectivity index (χ1n) is 9.54. The summed E-state index contributed by atoms with van der Waals surface area (Å²) in [6.07, 6.45) is 0.514. The van der Waals surface area contributed by atoms with Crippen LogP contribution in [0.1, 0.15) is 37.5 Å². The second-order valence-corrected chi connectivity index (χ2v) is 6.72. The second-order valence-electron chi connectivity index (χ2n) is 6.72. The summed E-state index contributed by atoms with van der Waals surface area (Å²) in [7, 11) is 3.08. The molecule has 0 unspecified atom stereocenters. The maximum Gasteiger partial charge on any atom is 0.338 e. The van der Waals surface area contributed by atoms with Crippen LogP contribution in [-0.2, 0) is 14.3 Å². The minimum Gasteiger partial charge on any atom is -0.497 e. The molecule has 3 rings (SSSR count). The van der Waals surface area contributed by atoms with Crippen molar-refractivity contribution in [2.24, 2.45) is 0 Å². The number of benzene rings is 2. The maximum absolute atomic E-state index is 12.5. The van der Waals surface area contributed by atoms with Crippen molar-refractivity contribution in [1.82, 2.24) is 4.90 Å². The second kappa shape index (κ2) is 9.86. The lowest BCUT2D eigenvalue weighted by Crippen LogP contribution is -2.31. The Morgan fingerprint density at radius 1 is 0.968 bits per heavy atom. The summed E-state index contributed by atoms with van der Waals surface area (Å²) in [4.78, 5) is 50.4. The van der Waals surface area contributed by atoms with Gasteiger partial charge in [0.15, 0.2) is 6.61 Å². The number of esters is 1. The van der Waals surface area contributed by atoms with Gasteiger partial charge in [-0.3, -0.25) is 19.3 Å². The molecule has 1 aliphatic rings. The van der Waals surface area contributed by atoms with Gasteiger partial charge in [-0.15, -0.1) is 0 Å². The Morgan fingerprint density at radius 2 is 1.68 bits per heavy atom. The lowest BCUT2D eigenvalue weighted by molar-refractivity contribution is -0.119. The smallest absolute Gasteiger partial charge is 0.338 e. The van der Waals surface area contributed by atoms with E-state index in [0.29, 0.717) is 24.5 Å². The fourth-order valence-electron chi connectivity index (χ4n) is 3.07. The van der Waals surface area contributed by atoms with E-state index in [1.54, 1.807) is 24.3 Å². The number of rotatable bonds is 9. The van der Waals surface area contributed by atoms with Gasteiger partial charge in [-0.05, 0) is 48.9 Å². The summed E-state index contributed by atoms with van der Waals surface area (Å²) >= 11 is 0. The molecule has 2 aromatic carbocycles. The lowest BCUT2D eigenvalue weighted by atomic mass is 10.1. The lowest BCUT2D eigenvalue weighted by Gasteiger charge is -2.12. The highest BCUT2D eigenvalue weighted by Crippen LogP contribution is 2.24. The van der Waals surface area contributed by atoms with E-state index in [2.05, 4.69) is 5.32 Å². The molecule has 0 saturated carbocycles. The van der Waals surface area contributed by atoms with Crippen molar-refractivity contribution < 1.29 is 33.4 Å². The maximum atomic E-state index is 12.5. The molecule has 1 heterocycles. The van der Waals surface area contributed by atoms with Crippen molar-refractivity contribution in [3.8, 4) is 5.75 Å². The first-order chi connectivity index (χ1) is 14.9. The Kier molecular flexibility index (Phi) is 6.99. The largest absolute Gasteiger partial charge is 0.497 e. The average molecular weight is 426 g/mol. The highest BCUT2D eigenvalue weighted by molar-refractivity contribution is 6.22. The number of anilines is 1. The third-order valence-electron chi connectivity index (χ3n) is 4.64. The van der Waals surface area contributed by atoms with Crippen LogP contribution in [0.4, 0.5) is 5.69 Å². The Balaban J connectivity index is 1.59. The van der Waals surface area contributed by atoms with Crippen molar-refractivity contribution in [2.75, 3.05) is 39.3 Å². The predicted molar refractivity (Wildman–Crippen MR) is 110 cm³/mol. The molecule has 0 atom stereocenters. The van der Waals surface area contributed by atoms with Crippen LogP contribution in [0.5, 0.6) is 5.75 Å². The number of fused-ring (bicyclic) bond motifs is 1. The van der Waals surface area contributed by atoms with E-state index in [-0.39, 0.29) is 23.2 Å². The van der Waals surface area contributed by atoms with E-state index in [9.17, 15) is 19.2 Å². The van der Waals surface area contributed by atoms with Crippen molar-refractivity contribution in [3.05, 3.63) is 59.2 Å². The van der Waals surface area contributed by atoms with Crippen LogP contribution in [0.25, 0.3) is 0 Å². The zero-order chi connectivity index (χ0) is 22.4. The predicted octanol–water partition coefficient (Wildman–Crippen LogP) is 2.12. The molecule has 2 aromatic rings. The number of hydrogen-bond acceptors (Lipinski definition) is 7. The van der Waals surface area contributed by atoms with E-state index < -0.39 is 30.3 Å². The van der Waals surface area contributed by atoms with E-state index in [4.69, 9.17) is 14.2 Å². The summed E-state index contributed by atoms with van der Waals surface area (Å²) in [6, 6.07) is 10.8. The molecule has 0 spiro atoms. The van der Waals surface area contributed by atoms with Crippen molar-refractivity contribution >= 4 is 29.4 Å². The number of amides is 3. The molecule has 31 heavy (non-hydrogen) atoms. The summed E-state index contributed by atoms with van der Waals surface area (Å²) in [6.45, 7) is 0.146. The zero-order valence-electron chi connectivity index (χ0n) is 17.2. The number of nitrogens with zero attached hydrogens (tertiary/aromatic N) is 1. The number of hydrogen-bond donors (Lipinski definition) is 1. The zero-order valence-corrected chi connectivity index (χ0v) is 17.2. The minimum absolute atomic E-state index is 0.0795. The van der Waals surface area contributed by atoms with Gasteiger partial charge in [-0.1, -0.05) is 0 Å². The summed E-state index contributed by atoms with van der Waals surface area (Å²) in [5.41, 5.74) is 0.976. The van der Waals surface area contributed by atoms with E-state index in [0.717, 1.165) is 4.90 Å². The van der Waals surface area contributed by atoms with Crippen LogP contribution in [0.2, 0.25) is 0 Å². The van der Waals surface area contributed by atoms with Gasteiger partial charge >= 0.3 is 5.97 Å². The van der Waals surface area contributed by atoms with Gasteiger partial charge in [0.25, 0.3) is 17.7 Å². The molecular weight excluding hydrogens is 404 g/mol. The first kappa shape index (κ1) is 22.0. The van der Waals surface area contributed by atoms with Gasteiger partial charge in [0, 0.05) is 25.9 Å². The Hall–Kier alpha value is -3.72. The molecule has 9 nitrogen and oxygen atoms in total. The Morgan fingerprint density at radius 3 is 2.35 bits per heavy atom. The summed E-state index contributed by atoms with van der Waals surface area (Å²) < 4.78 is 15.0. The van der Waals surface area contributed by atoms with Crippen molar-refractivity contribution in [1.29, 1.82) is 0 Å². The van der Waals surface area contributed by atoms with Crippen LogP contribution < -0.4 is 10.1 Å². The first-order valence-corrected chi connectivity index (χ1v) is 9.54. The van der Waals surface area contributed by atoms with Crippen LogP contribution in [0.15, 0.2) is 42.5 Å². The van der Waals surface area contributed by atoms with Crippen molar-refractivity contribution in [3.63, 3.8) is 0 Å². The number of methoxy groups -OCH3 is 2.